The highest BCUT2D eigenvalue weighted by Gasteiger charge is 2.33. The molecule has 0 aliphatic rings. The number of rotatable bonds is 4. The quantitative estimate of drug-likeness (QED) is 0.588. The summed E-state index contributed by atoms with van der Waals surface area (Å²) in [6.07, 6.45) is -4.66. The minimum Gasteiger partial charge on any atom is -0.280 e. The second-order valence-corrected chi connectivity index (χ2v) is 7.09. The number of alkyl halides is 3. The Balaban J connectivity index is 2.34. The number of nitro groups is 1. The van der Waals surface area contributed by atoms with E-state index in [0.29, 0.717) is 6.07 Å². The van der Waals surface area contributed by atoms with Crippen LogP contribution in [-0.2, 0) is 16.2 Å². The zero-order chi connectivity index (χ0) is 18.1. The number of nitrogens with zero attached hydrogens (tertiary/aromatic N) is 1. The Morgan fingerprint density at radius 3 is 2.17 bits per heavy atom. The average molecular weight is 425 g/mol. The van der Waals surface area contributed by atoms with Crippen molar-refractivity contribution in [3.8, 4) is 0 Å². The molecule has 2 rings (SSSR count). The van der Waals surface area contributed by atoms with Crippen molar-refractivity contribution in [3.05, 3.63) is 62.6 Å². The summed E-state index contributed by atoms with van der Waals surface area (Å²) in [5, 5.41) is 10.5. The molecule has 0 aromatic heterocycles. The van der Waals surface area contributed by atoms with Gasteiger partial charge in [-0.1, -0.05) is 15.9 Å². The van der Waals surface area contributed by atoms with E-state index in [-0.39, 0.29) is 20.7 Å². The molecule has 0 aliphatic heterocycles. The minimum atomic E-state index is -4.66. The average Bonchev–Trinajstić information content (AvgIpc) is 2.48. The fourth-order valence-electron chi connectivity index (χ4n) is 1.77. The highest BCUT2D eigenvalue weighted by atomic mass is 79.9. The van der Waals surface area contributed by atoms with E-state index in [9.17, 15) is 31.7 Å². The lowest BCUT2D eigenvalue weighted by molar-refractivity contribution is -0.384. The first-order valence-corrected chi connectivity index (χ1v) is 8.42. The van der Waals surface area contributed by atoms with Crippen LogP contribution in [-0.4, -0.2) is 13.3 Å². The Labute approximate surface area is 142 Å². The summed E-state index contributed by atoms with van der Waals surface area (Å²) in [5.41, 5.74) is -1.63. The fourth-order valence-corrected chi connectivity index (χ4v) is 3.29. The van der Waals surface area contributed by atoms with E-state index in [2.05, 4.69) is 15.9 Å². The number of nitrogens with one attached hydrogen (secondary N) is 1. The number of anilines is 1. The van der Waals surface area contributed by atoms with E-state index in [0.717, 1.165) is 36.4 Å². The van der Waals surface area contributed by atoms with Crippen LogP contribution in [0.4, 0.5) is 24.5 Å². The van der Waals surface area contributed by atoms with E-state index < -0.39 is 26.7 Å². The molecule has 1 N–H and O–H groups in total. The molecular weight excluding hydrogens is 417 g/mol. The van der Waals surface area contributed by atoms with Crippen LogP contribution in [0.15, 0.2) is 51.8 Å². The maximum Gasteiger partial charge on any atom is 0.417 e. The third kappa shape index (κ3) is 4.03. The van der Waals surface area contributed by atoms with Crippen molar-refractivity contribution in [2.45, 2.75) is 11.1 Å². The highest BCUT2D eigenvalue weighted by molar-refractivity contribution is 9.10. The topological polar surface area (TPSA) is 89.3 Å². The monoisotopic (exact) mass is 424 g/mol. The largest absolute Gasteiger partial charge is 0.417 e. The van der Waals surface area contributed by atoms with Crippen molar-refractivity contribution in [1.29, 1.82) is 0 Å². The molecule has 0 bridgehead atoms. The number of non-ortho nitro benzene ring substituents is 1. The van der Waals surface area contributed by atoms with Gasteiger partial charge >= 0.3 is 6.18 Å². The molecule has 0 aliphatic carbocycles. The van der Waals surface area contributed by atoms with Crippen LogP contribution >= 0.6 is 15.9 Å². The molecule has 0 amide bonds. The molecule has 0 spiro atoms. The molecule has 2 aromatic rings. The van der Waals surface area contributed by atoms with Gasteiger partial charge in [-0.25, -0.2) is 8.42 Å². The van der Waals surface area contributed by atoms with Crippen molar-refractivity contribution in [2.75, 3.05) is 4.72 Å². The van der Waals surface area contributed by atoms with Gasteiger partial charge in [-0.05, 0) is 30.3 Å². The first-order chi connectivity index (χ1) is 11.0. The standard InChI is InChI=1S/C13H8BrF3N2O4S/c14-12-6-1-8(7-11(12)13(15,16)17)18-24(22,23)10-4-2-9(3-5-10)19(20)21/h1-7,18H. The van der Waals surface area contributed by atoms with E-state index in [4.69, 9.17) is 0 Å². The molecule has 0 saturated heterocycles. The summed E-state index contributed by atoms with van der Waals surface area (Å²) in [4.78, 5) is 9.53. The summed E-state index contributed by atoms with van der Waals surface area (Å²) in [6, 6.07) is 6.81. The molecule has 24 heavy (non-hydrogen) atoms. The molecule has 0 fully saturated rings. The van der Waals surface area contributed by atoms with Crippen LogP contribution in [0.25, 0.3) is 0 Å². The van der Waals surface area contributed by atoms with Gasteiger partial charge in [0.1, 0.15) is 0 Å². The van der Waals surface area contributed by atoms with Gasteiger partial charge < -0.3 is 0 Å². The Kier molecular flexibility index (Phi) is 4.85. The normalized spacial score (nSPS) is 12.0. The third-order valence-electron chi connectivity index (χ3n) is 2.88. The van der Waals surface area contributed by atoms with Crippen molar-refractivity contribution >= 4 is 37.3 Å². The second-order valence-electron chi connectivity index (χ2n) is 4.55. The van der Waals surface area contributed by atoms with Gasteiger partial charge in [0.15, 0.2) is 0 Å². The lowest BCUT2D eigenvalue weighted by atomic mass is 10.2. The van der Waals surface area contributed by atoms with Gasteiger partial charge in [0.25, 0.3) is 15.7 Å². The summed E-state index contributed by atoms with van der Waals surface area (Å²) in [5.74, 6) is 0. The van der Waals surface area contributed by atoms with Crippen molar-refractivity contribution < 1.29 is 26.5 Å². The molecular formula is C13H8BrF3N2O4S. The highest BCUT2D eigenvalue weighted by Crippen LogP contribution is 2.36. The maximum absolute atomic E-state index is 12.8. The summed E-state index contributed by atoms with van der Waals surface area (Å²) in [6.45, 7) is 0. The van der Waals surface area contributed by atoms with Crippen molar-refractivity contribution in [2.24, 2.45) is 0 Å². The van der Waals surface area contributed by atoms with Gasteiger partial charge in [-0.3, -0.25) is 14.8 Å². The van der Waals surface area contributed by atoms with Gasteiger partial charge in [0.2, 0.25) is 0 Å². The molecule has 11 heteroatoms. The molecule has 128 valence electrons. The number of halogens is 4. The van der Waals surface area contributed by atoms with Gasteiger partial charge in [-0.15, -0.1) is 0 Å². The molecule has 0 heterocycles. The van der Waals surface area contributed by atoms with Crippen LogP contribution in [0.2, 0.25) is 0 Å². The van der Waals surface area contributed by atoms with Gasteiger partial charge in [0, 0.05) is 22.3 Å². The Morgan fingerprint density at radius 1 is 1.08 bits per heavy atom. The smallest absolute Gasteiger partial charge is 0.280 e. The third-order valence-corrected chi connectivity index (χ3v) is 4.97. The van der Waals surface area contributed by atoms with E-state index >= 15 is 0 Å². The van der Waals surface area contributed by atoms with Crippen LogP contribution in [0.3, 0.4) is 0 Å². The molecule has 0 saturated carbocycles. The molecule has 6 nitrogen and oxygen atoms in total. The van der Waals surface area contributed by atoms with Crippen LogP contribution in [0.1, 0.15) is 5.56 Å². The van der Waals surface area contributed by atoms with Crippen molar-refractivity contribution in [3.63, 3.8) is 0 Å². The van der Waals surface area contributed by atoms with Crippen molar-refractivity contribution in [1.82, 2.24) is 0 Å². The van der Waals surface area contributed by atoms with Crippen LogP contribution in [0.5, 0.6) is 0 Å². The Morgan fingerprint density at radius 2 is 1.67 bits per heavy atom. The summed E-state index contributed by atoms with van der Waals surface area (Å²) < 4.78 is 64.6. The van der Waals surface area contributed by atoms with Gasteiger partial charge in [-0.2, -0.15) is 13.2 Å². The number of benzene rings is 2. The molecule has 0 radical (unpaired) electrons. The number of sulfonamides is 1. The lowest BCUT2D eigenvalue weighted by Gasteiger charge is -2.13. The molecule has 0 atom stereocenters. The van der Waals surface area contributed by atoms with Gasteiger partial charge in [0.05, 0.1) is 15.4 Å². The molecule has 2 aromatic carbocycles. The number of hydrogen-bond donors (Lipinski definition) is 1. The Hall–Kier alpha value is -2.14. The predicted octanol–water partition coefficient (Wildman–Crippen LogP) is 4.18. The summed E-state index contributed by atoms with van der Waals surface area (Å²) in [7, 11) is -4.19. The van der Waals surface area contributed by atoms with Crippen LogP contribution in [0, 0.1) is 10.1 Å². The van der Waals surface area contributed by atoms with E-state index in [1.54, 1.807) is 0 Å². The second kappa shape index (κ2) is 6.40. The first-order valence-electron chi connectivity index (χ1n) is 6.15. The SMILES string of the molecule is O=[N+]([O-])c1ccc(S(=O)(=O)Nc2ccc(Br)c(C(F)(F)F)c2)cc1. The van der Waals surface area contributed by atoms with E-state index in [1.165, 1.54) is 0 Å². The zero-order valence-electron chi connectivity index (χ0n) is 11.5. The first kappa shape index (κ1) is 18.2. The number of nitro benzene ring substituents is 1. The van der Waals surface area contributed by atoms with E-state index in [1.807, 2.05) is 4.72 Å². The summed E-state index contributed by atoms with van der Waals surface area (Å²) >= 11 is 2.75. The molecule has 0 unspecified atom stereocenters. The predicted molar refractivity (Wildman–Crippen MR) is 83.0 cm³/mol. The lowest BCUT2D eigenvalue weighted by Crippen LogP contribution is -2.14. The Bertz CT molecular complexity index is 883. The fraction of sp³-hybridized carbons (Fsp3) is 0.0769. The van der Waals surface area contributed by atoms with Crippen LogP contribution < -0.4 is 4.72 Å². The number of hydrogen-bond acceptors (Lipinski definition) is 4. The minimum absolute atomic E-state index is 0.228. The maximum atomic E-state index is 12.8. The zero-order valence-corrected chi connectivity index (χ0v) is 13.9.